The molecule has 0 saturated carbocycles. The summed E-state index contributed by atoms with van der Waals surface area (Å²) in [5.74, 6) is -2.01. The lowest BCUT2D eigenvalue weighted by Gasteiger charge is -2.14. The van der Waals surface area contributed by atoms with E-state index in [1.807, 2.05) is 0 Å². The van der Waals surface area contributed by atoms with Crippen LogP contribution in [0, 0.1) is 0 Å². The van der Waals surface area contributed by atoms with Crippen LogP contribution in [0.2, 0.25) is 0 Å². The van der Waals surface area contributed by atoms with E-state index in [1.54, 1.807) is 84.9 Å². The van der Waals surface area contributed by atoms with Gasteiger partial charge in [0.15, 0.2) is 23.0 Å². The Morgan fingerprint density at radius 3 is 1.35 bits per heavy atom. The molecule has 0 fully saturated rings. The number of ether oxygens (including phenoxy) is 2. The van der Waals surface area contributed by atoms with Gasteiger partial charge >= 0.3 is 11.4 Å². The number of amides is 2. The first kappa shape index (κ1) is 36.0. The van der Waals surface area contributed by atoms with Gasteiger partial charge in [0, 0.05) is 25.2 Å². The Morgan fingerprint density at radius 2 is 0.944 bits per heavy atom. The van der Waals surface area contributed by atoms with Crippen molar-refractivity contribution in [3.05, 3.63) is 106 Å². The SMILES string of the molecule is CC(=O)/C(=N\Nc1ccccc1OCCOc1ccccc1N/N=C(\C(C)=O)C(=O)Nc1ccc2[nH]c(=O)[nH]c2c1)C(=O)Nc1ccc2[nH]c(=O)[nH]c2c1. The highest BCUT2D eigenvalue weighted by atomic mass is 16.5. The fraction of sp³-hybridized carbons (Fsp3) is 0.111. The zero-order valence-electron chi connectivity index (χ0n) is 28.7. The lowest BCUT2D eigenvalue weighted by Crippen LogP contribution is -2.29. The fourth-order valence-corrected chi connectivity index (χ4v) is 5.09. The molecule has 18 nitrogen and oxygen atoms in total. The molecule has 54 heavy (non-hydrogen) atoms. The first-order valence-corrected chi connectivity index (χ1v) is 16.2. The van der Waals surface area contributed by atoms with E-state index < -0.39 is 46.2 Å². The van der Waals surface area contributed by atoms with Gasteiger partial charge in [0.25, 0.3) is 11.8 Å². The minimum absolute atomic E-state index is 0.0572. The maximum absolute atomic E-state index is 12.9. The van der Waals surface area contributed by atoms with Crippen LogP contribution in [-0.2, 0) is 19.2 Å². The van der Waals surface area contributed by atoms with Gasteiger partial charge in [-0.05, 0) is 60.7 Å². The van der Waals surface area contributed by atoms with E-state index in [9.17, 15) is 28.8 Å². The third-order valence-corrected chi connectivity index (χ3v) is 7.59. The summed E-state index contributed by atoms with van der Waals surface area (Å²) in [6.45, 7) is 2.52. The quantitative estimate of drug-likeness (QED) is 0.0330. The highest BCUT2D eigenvalue weighted by Crippen LogP contribution is 2.26. The van der Waals surface area contributed by atoms with Gasteiger partial charge < -0.3 is 40.0 Å². The van der Waals surface area contributed by atoms with Crippen LogP contribution in [0.4, 0.5) is 22.7 Å². The number of imidazole rings is 2. The maximum Gasteiger partial charge on any atom is 0.323 e. The molecule has 0 aliphatic rings. The Hall–Kier alpha value is -7.76. The highest BCUT2D eigenvalue weighted by Gasteiger charge is 2.19. The van der Waals surface area contributed by atoms with Gasteiger partial charge in [-0.1, -0.05) is 24.3 Å². The van der Waals surface area contributed by atoms with Gasteiger partial charge in [0.1, 0.15) is 24.7 Å². The molecule has 0 radical (unpaired) electrons. The van der Waals surface area contributed by atoms with E-state index in [4.69, 9.17) is 9.47 Å². The predicted molar refractivity (Wildman–Crippen MR) is 202 cm³/mol. The van der Waals surface area contributed by atoms with Gasteiger partial charge in [0.05, 0.1) is 33.4 Å². The largest absolute Gasteiger partial charge is 0.488 e. The van der Waals surface area contributed by atoms with E-state index in [2.05, 4.69) is 51.6 Å². The first-order valence-electron chi connectivity index (χ1n) is 16.2. The van der Waals surface area contributed by atoms with Gasteiger partial charge in [0.2, 0.25) is 0 Å². The Bertz CT molecular complexity index is 2400. The molecule has 2 amide bonds. The Kier molecular flexibility index (Phi) is 10.7. The topological polar surface area (TPSA) is 257 Å². The summed E-state index contributed by atoms with van der Waals surface area (Å²) in [6.07, 6.45) is 0. The fourth-order valence-electron chi connectivity index (χ4n) is 5.09. The number of rotatable bonds is 15. The van der Waals surface area contributed by atoms with Crippen LogP contribution < -0.4 is 42.3 Å². The van der Waals surface area contributed by atoms with Crippen molar-refractivity contribution in [2.45, 2.75) is 13.8 Å². The van der Waals surface area contributed by atoms with Gasteiger partial charge in [-0.2, -0.15) is 10.2 Å². The number of fused-ring (bicyclic) bond motifs is 2. The molecular weight excluding hydrogens is 700 g/mol. The molecule has 2 heterocycles. The molecule has 2 aromatic heterocycles. The number of H-pyrrole nitrogens is 4. The molecule has 0 aliphatic heterocycles. The second-order valence-corrected chi connectivity index (χ2v) is 11.5. The first-order chi connectivity index (χ1) is 26.0. The van der Waals surface area contributed by atoms with Crippen molar-refractivity contribution in [2.75, 3.05) is 34.7 Å². The molecule has 18 heteroatoms. The summed E-state index contributed by atoms with van der Waals surface area (Å²) in [6, 6.07) is 22.9. The number of aromatic nitrogens is 4. The van der Waals surface area contributed by atoms with Crippen molar-refractivity contribution in [1.29, 1.82) is 0 Å². The molecule has 0 atom stereocenters. The number of carbonyl (C=O) groups is 4. The average Bonchev–Trinajstić information content (AvgIpc) is 3.70. The van der Waals surface area contributed by atoms with Gasteiger partial charge in [-0.3, -0.25) is 30.0 Å². The highest BCUT2D eigenvalue weighted by molar-refractivity contribution is 6.67. The van der Waals surface area contributed by atoms with Crippen molar-refractivity contribution in [3.8, 4) is 11.5 Å². The number of hydrogen-bond acceptors (Lipinski definition) is 12. The van der Waals surface area contributed by atoms with Crippen LogP contribution in [0.1, 0.15) is 13.8 Å². The molecule has 6 rings (SSSR count). The zero-order chi connectivity index (χ0) is 38.2. The third-order valence-electron chi connectivity index (χ3n) is 7.59. The molecule has 0 aliphatic carbocycles. The Labute approximate surface area is 304 Å². The van der Waals surface area contributed by atoms with Crippen molar-refractivity contribution >= 4 is 79.6 Å². The number of ketones is 2. The van der Waals surface area contributed by atoms with E-state index in [1.165, 1.54) is 13.8 Å². The average molecular weight is 733 g/mol. The number of benzene rings is 4. The van der Waals surface area contributed by atoms with Gasteiger partial charge in [-0.15, -0.1) is 0 Å². The predicted octanol–water partition coefficient (Wildman–Crippen LogP) is 3.47. The van der Waals surface area contributed by atoms with E-state index in [0.717, 1.165) is 0 Å². The monoisotopic (exact) mass is 732 g/mol. The number of nitrogens with zero attached hydrogens (tertiary/aromatic N) is 2. The smallest absolute Gasteiger partial charge is 0.323 e. The zero-order valence-corrected chi connectivity index (χ0v) is 28.7. The van der Waals surface area contributed by atoms with Crippen molar-refractivity contribution in [3.63, 3.8) is 0 Å². The minimum Gasteiger partial charge on any atom is -0.488 e. The molecule has 4 aromatic carbocycles. The second kappa shape index (κ2) is 16.1. The summed E-state index contributed by atoms with van der Waals surface area (Å²) in [5, 5.41) is 13.3. The van der Waals surface area contributed by atoms with Crippen molar-refractivity contribution in [1.82, 2.24) is 19.9 Å². The van der Waals surface area contributed by atoms with Crippen LogP contribution in [0.3, 0.4) is 0 Å². The van der Waals surface area contributed by atoms with Crippen LogP contribution in [0.15, 0.2) is 105 Å². The van der Waals surface area contributed by atoms with E-state index in [-0.39, 0.29) is 13.2 Å². The van der Waals surface area contributed by atoms with Crippen LogP contribution >= 0.6 is 0 Å². The molecule has 6 aromatic rings. The number of aromatic amines is 4. The number of hydrogen-bond donors (Lipinski definition) is 8. The molecule has 0 bridgehead atoms. The molecule has 274 valence electrons. The Balaban J connectivity index is 1.05. The van der Waals surface area contributed by atoms with Gasteiger partial charge in [-0.25, -0.2) is 9.59 Å². The van der Waals surface area contributed by atoms with Crippen molar-refractivity contribution < 1.29 is 28.7 Å². The molecule has 0 unspecified atom stereocenters. The normalized spacial score (nSPS) is 11.6. The maximum atomic E-state index is 12.9. The third kappa shape index (κ3) is 8.75. The van der Waals surface area contributed by atoms with Crippen molar-refractivity contribution in [2.24, 2.45) is 10.2 Å². The number of nitrogens with one attached hydrogen (secondary N) is 8. The minimum atomic E-state index is -0.764. The number of hydrazone groups is 2. The summed E-state index contributed by atoms with van der Waals surface area (Å²) < 4.78 is 11.8. The van der Waals surface area contributed by atoms with E-state index in [0.29, 0.717) is 56.3 Å². The lowest BCUT2D eigenvalue weighted by atomic mass is 10.2. The number of anilines is 4. The molecule has 0 saturated heterocycles. The number of para-hydroxylation sites is 4. The summed E-state index contributed by atoms with van der Waals surface area (Å²) in [4.78, 5) is 84.1. The number of carbonyl (C=O) groups excluding carboxylic acids is 4. The van der Waals surface area contributed by atoms with Crippen LogP contribution in [0.25, 0.3) is 22.1 Å². The Morgan fingerprint density at radius 1 is 0.556 bits per heavy atom. The molecular formula is C36H32N10O8. The van der Waals surface area contributed by atoms with E-state index >= 15 is 0 Å². The van der Waals surface area contributed by atoms with Crippen LogP contribution in [-0.4, -0.2) is 68.0 Å². The number of Topliss-reactive ketones (excluding diaryl/α,β-unsaturated/α-hetero) is 2. The summed E-state index contributed by atoms with van der Waals surface area (Å²) in [5.41, 5.74) is 7.34. The second-order valence-electron chi connectivity index (χ2n) is 11.5. The summed E-state index contributed by atoms with van der Waals surface area (Å²) in [7, 11) is 0. The lowest BCUT2D eigenvalue weighted by molar-refractivity contribution is -0.116. The standard InChI is InChI=1S/C36H32N10O8/c1-19(47)31(33(49)37-21-11-13-23-27(17-21)41-35(51)39-23)45-43-25-7-3-5-9-29(25)53-15-16-54-30-10-6-4-8-26(30)44-46-32(20(2)48)34(50)38-22-12-14-24-28(18-22)42-36(52)40-24/h3-14,17-18,43-44H,15-16H2,1-2H3,(H,37,49)(H,38,50)(H2,39,41,51)(H2,40,42,52)/b45-31+,46-32+. The molecule has 8 N–H and O–H groups in total. The molecule has 0 spiro atoms. The van der Waals surface area contributed by atoms with Crippen LogP contribution in [0.5, 0.6) is 11.5 Å². The summed E-state index contributed by atoms with van der Waals surface area (Å²) >= 11 is 0.